The van der Waals surface area contributed by atoms with E-state index in [4.69, 9.17) is 4.74 Å². The van der Waals surface area contributed by atoms with Gasteiger partial charge in [0, 0.05) is 38.8 Å². The third-order valence-corrected chi connectivity index (χ3v) is 5.04. The predicted octanol–water partition coefficient (Wildman–Crippen LogP) is 2.30. The minimum atomic E-state index is -3.01. The Balaban J connectivity index is 1.70. The van der Waals surface area contributed by atoms with Gasteiger partial charge in [0.2, 0.25) is 0 Å². The average molecular weight is 400 g/mol. The number of guanidine groups is 1. The normalized spacial score (nSPS) is 21.4. The van der Waals surface area contributed by atoms with Crippen LogP contribution in [0.2, 0.25) is 0 Å². The number of aliphatic imine (C=N–C) groups is 1. The van der Waals surface area contributed by atoms with Crippen molar-refractivity contribution in [2.45, 2.75) is 32.5 Å². The lowest BCUT2D eigenvalue weighted by Gasteiger charge is -2.32. The molecule has 1 atom stereocenters. The van der Waals surface area contributed by atoms with E-state index in [-0.39, 0.29) is 17.9 Å². The zero-order valence-electron chi connectivity index (χ0n) is 16.0. The minimum absolute atomic E-state index is 0.0297. The lowest BCUT2D eigenvalue weighted by atomic mass is 10.2. The fraction of sp³-hybridized carbons (Fsp3) is 0.632. The maximum atomic E-state index is 14.2. The molecule has 3 rings (SSSR count). The molecule has 6 nitrogen and oxygen atoms in total. The van der Waals surface area contributed by atoms with Crippen LogP contribution < -0.4 is 10.1 Å². The van der Waals surface area contributed by atoms with Crippen LogP contribution in [-0.4, -0.2) is 74.4 Å². The largest absolute Gasteiger partial charge is 0.434 e. The van der Waals surface area contributed by atoms with Gasteiger partial charge < -0.3 is 19.7 Å². The molecule has 2 heterocycles. The molecule has 1 aromatic rings. The van der Waals surface area contributed by atoms with Crippen LogP contribution in [0.1, 0.15) is 18.9 Å². The number of nitrogens with one attached hydrogen (secondary N) is 1. The minimum Gasteiger partial charge on any atom is -0.434 e. The molecule has 28 heavy (non-hydrogen) atoms. The van der Waals surface area contributed by atoms with Crippen molar-refractivity contribution < 1.29 is 22.6 Å². The first-order valence-corrected chi connectivity index (χ1v) is 9.65. The standard InChI is InChI=1S/C19H27F3N4O2/c1-2-23-19(26-7-6-14(13-26)25-8-10-27-11-9-25)24-12-15-16(20)4-3-5-17(15)28-18(21)22/h3-5,14,18H,2,6-13H2,1H3,(H,23,24). The number of likely N-dealkylation sites (tertiary alicyclic amines) is 1. The molecule has 0 bridgehead atoms. The van der Waals surface area contributed by atoms with Crippen LogP contribution >= 0.6 is 0 Å². The summed E-state index contributed by atoms with van der Waals surface area (Å²) in [7, 11) is 0. The smallest absolute Gasteiger partial charge is 0.387 e. The van der Waals surface area contributed by atoms with E-state index in [0.29, 0.717) is 18.5 Å². The Bertz CT molecular complexity index is 669. The molecule has 2 saturated heterocycles. The molecule has 0 spiro atoms. The van der Waals surface area contributed by atoms with Crippen molar-refractivity contribution in [3.8, 4) is 5.75 Å². The summed E-state index contributed by atoms with van der Waals surface area (Å²) in [6, 6.07) is 4.33. The van der Waals surface area contributed by atoms with Gasteiger partial charge in [0.15, 0.2) is 5.96 Å². The summed E-state index contributed by atoms with van der Waals surface area (Å²) < 4.78 is 49.2. The van der Waals surface area contributed by atoms with Crippen molar-refractivity contribution in [1.29, 1.82) is 0 Å². The SMILES string of the molecule is CCNC(=NCc1c(F)cccc1OC(F)F)N1CCC(N2CCOCC2)C1. The van der Waals surface area contributed by atoms with E-state index in [1.807, 2.05) is 6.92 Å². The van der Waals surface area contributed by atoms with Crippen LogP contribution in [0, 0.1) is 5.82 Å². The van der Waals surface area contributed by atoms with Crippen LogP contribution in [-0.2, 0) is 11.3 Å². The number of hydrogen-bond acceptors (Lipinski definition) is 4. The summed E-state index contributed by atoms with van der Waals surface area (Å²) in [6.45, 7) is 4.56. The van der Waals surface area contributed by atoms with E-state index in [1.165, 1.54) is 18.2 Å². The molecule has 2 fully saturated rings. The average Bonchev–Trinajstić information content (AvgIpc) is 3.17. The molecule has 1 N–H and O–H groups in total. The summed E-state index contributed by atoms with van der Waals surface area (Å²) in [5.41, 5.74) is 0.0297. The van der Waals surface area contributed by atoms with Crippen molar-refractivity contribution in [2.24, 2.45) is 4.99 Å². The molecular formula is C19H27F3N4O2. The monoisotopic (exact) mass is 400 g/mol. The quantitative estimate of drug-likeness (QED) is 0.587. The van der Waals surface area contributed by atoms with Crippen molar-refractivity contribution in [3.05, 3.63) is 29.6 Å². The number of hydrogen-bond donors (Lipinski definition) is 1. The number of morpholine rings is 1. The van der Waals surface area contributed by atoms with Gasteiger partial charge in [-0.2, -0.15) is 8.78 Å². The van der Waals surface area contributed by atoms with E-state index in [1.54, 1.807) is 0 Å². The second kappa shape index (κ2) is 9.97. The second-order valence-electron chi connectivity index (χ2n) is 6.80. The lowest BCUT2D eigenvalue weighted by molar-refractivity contribution is -0.0506. The molecule has 0 saturated carbocycles. The summed E-state index contributed by atoms with van der Waals surface area (Å²) in [5, 5.41) is 3.22. The van der Waals surface area contributed by atoms with Gasteiger partial charge in [-0.15, -0.1) is 0 Å². The lowest BCUT2D eigenvalue weighted by Crippen LogP contribution is -2.46. The van der Waals surface area contributed by atoms with Gasteiger partial charge in [0.25, 0.3) is 0 Å². The molecule has 2 aliphatic rings. The summed E-state index contributed by atoms with van der Waals surface area (Å²) >= 11 is 0. The van der Waals surface area contributed by atoms with E-state index in [9.17, 15) is 13.2 Å². The van der Waals surface area contributed by atoms with Crippen molar-refractivity contribution in [3.63, 3.8) is 0 Å². The highest BCUT2D eigenvalue weighted by atomic mass is 19.3. The summed E-state index contributed by atoms with van der Waals surface area (Å²) in [5.74, 6) is -0.128. The molecule has 0 aromatic heterocycles. The van der Waals surface area contributed by atoms with Crippen LogP contribution in [0.15, 0.2) is 23.2 Å². The second-order valence-corrected chi connectivity index (χ2v) is 6.80. The first kappa shape index (κ1) is 20.7. The van der Waals surface area contributed by atoms with Gasteiger partial charge in [0.05, 0.1) is 25.3 Å². The molecule has 2 aliphatic heterocycles. The number of alkyl halides is 2. The number of halogens is 3. The molecule has 0 amide bonds. The molecular weight excluding hydrogens is 373 g/mol. The zero-order chi connectivity index (χ0) is 19.9. The third-order valence-electron chi connectivity index (χ3n) is 5.04. The maximum absolute atomic E-state index is 14.2. The Labute approximate surface area is 163 Å². The van der Waals surface area contributed by atoms with Gasteiger partial charge in [0.1, 0.15) is 11.6 Å². The fourth-order valence-corrected chi connectivity index (χ4v) is 3.65. The summed E-state index contributed by atoms with van der Waals surface area (Å²) in [4.78, 5) is 9.06. The molecule has 0 radical (unpaired) electrons. The van der Waals surface area contributed by atoms with Crippen molar-refractivity contribution >= 4 is 5.96 Å². The highest BCUT2D eigenvalue weighted by Crippen LogP contribution is 2.24. The van der Waals surface area contributed by atoms with Crippen LogP contribution in [0.5, 0.6) is 5.75 Å². The highest BCUT2D eigenvalue weighted by molar-refractivity contribution is 5.80. The van der Waals surface area contributed by atoms with Crippen molar-refractivity contribution in [1.82, 2.24) is 15.1 Å². The number of benzene rings is 1. The molecule has 0 aliphatic carbocycles. The Morgan fingerprint density at radius 2 is 2.11 bits per heavy atom. The third kappa shape index (κ3) is 5.29. The molecule has 9 heteroatoms. The summed E-state index contributed by atoms with van der Waals surface area (Å²) in [6.07, 6.45) is 1.02. The van der Waals surface area contributed by atoms with Crippen LogP contribution in [0.25, 0.3) is 0 Å². The van der Waals surface area contributed by atoms with E-state index in [2.05, 4.69) is 24.8 Å². The number of rotatable bonds is 6. The predicted molar refractivity (Wildman–Crippen MR) is 100 cm³/mol. The highest BCUT2D eigenvalue weighted by Gasteiger charge is 2.30. The van der Waals surface area contributed by atoms with Crippen LogP contribution in [0.4, 0.5) is 13.2 Å². The Kier molecular flexibility index (Phi) is 7.38. The van der Waals surface area contributed by atoms with Gasteiger partial charge in [-0.3, -0.25) is 4.90 Å². The maximum Gasteiger partial charge on any atom is 0.387 e. The Morgan fingerprint density at radius 3 is 2.82 bits per heavy atom. The zero-order valence-corrected chi connectivity index (χ0v) is 16.0. The Morgan fingerprint density at radius 1 is 1.32 bits per heavy atom. The number of ether oxygens (including phenoxy) is 2. The van der Waals surface area contributed by atoms with Crippen LogP contribution in [0.3, 0.4) is 0 Å². The van der Waals surface area contributed by atoms with Gasteiger partial charge in [-0.05, 0) is 25.5 Å². The van der Waals surface area contributed by atoms with Gasteiger partial charge in [-0.25, -0.2) is 9.38 Å². The van der Waals surface area contributed by atoms with E-state index in [0.717, 1.165) is 45.8 Å². The van der Waals surface area contributed by atoms with Crippen molar-refractivity contribution in [2.75, 3.05) is 45.9 Å². The van der Waals surface area contributed by atoms with Gasteiger partial charge >= 0.3 is 6.61 Å². The van der Waals surface area contributed by atoms with E-state index >= 15 is 0 Å². The molecule has 156 valence electrons. The first-order valence-electron chi connectivity index (χ1n) is 9.65. The topological polar surface area (TPSA) is 49.3 Å². The molecule has 1 unspecified atom stereocenters. The van der Waals surface area contributed by atoms with E-state index < -0.39 is 12.4 Å². The molecule has 1 aromatic carbocycles. The first-order chi connectivity index (χ1) is 13.6. The fourth-order valence-electron chi connectivity index (χ4n) is 3.65. The van der Waals surface area contributed by atoms with Gasteiger partial charge in [-0.1, -0.05) is 6.07 Å². The Hall–Kier alpha value is -2.00. The number of nitrogens with zero attached hydrogens (tertiary/aromatic N) is 3.